The molecule has 1 amide bonds. The molecule has 0 aliphatic rings. The molecular formula is C17H13BrN2O2S. The van der Waals surface area contributed by atoms with Gasteiger partial charge in [-0.15, -0.1) is 11.3 Å². The van der Waals surface area contributed by atoms with Crippen molar-refractivity contribution in [2.24, 2.45) is 5.10 Å². The van der Waals surface area contributed by atoms with E-state index in [0.29, 0.717) is 5.71 Å². The van der Waals surface area contributed by atoms with Gasteiger partial charge in [-0.1, -0.05) is 24.3 Å². The molecule has 3 rings (SSSR count). The number of rotatable bonds is 3. The van der Waals surface area contributed by atoms with E-state index in [-0.39, 0.29) is 11.3 Å². The SMILES string of the molecule is CC(=NNC(=O)c1cc2ccccc2cc1O)c1ccc(Br)s1. The van der Waals surface area contributed by atoms with E-state index in [1.54, 1.807) is 12.1 Å². The Labute approximate surface area is 145 Å². The Morgan fingerprint density at radius 3 is 2.52 bits per heavy atom. The Hall–Kier alpha value is -2.18. The first kappa shape index (κ1) is 15.7. The summed E-state index contributed by atoms with van der Waals surface area (Å²) in [5, 5.41) is 15.9. The maximum Gasteiger partial charge on any atom is 0.275 e. The maximum absolute atomic E-state index is 12.3. The molecule has 0 radical (unpaired) electrons. The molecule has 0 unspecified atom stereocenters. The molecule has 0 atom stereocenters. The minimum atomic E-state index is -0.441. The highest BCUT2D eigenvalue weighted by Gasteiger charge is 2.12. The van der Waals surface area contributed by atoms with Crippen LogP contribution < -0.4 is 5.43 Å². The summed E-state index contributed by atoms with van der Waals surface area (Å²) in [6, 6.07) is 14.6. The zero-order valence-electron chi connectivity index (χ0n) is 12.2. The summed E-state index contributed by atoms with van der Waals surface area (Å²) in [6.45, 7) is 1.82. The summed E-state index contributed by atoms with van der Waals surface area (Å²) in [4.78, 5) is 13.2. The first-order valence-electron chi connectivity index (χ1n) is 6.86. The van der Waals surface area contributed by atoms with E-state index in [1.807, 2.05) is 43.3 Å². The lowest BCUT2D eigenvalue weighted by Gasteiger charge is -2.06. The van der Waals surface area contributed by atoms with E-state index >= 15 is 0 Å². The van der Waals surface area contributed by atoms with E-state index in [2.05, 4.69) is 26.5 Å². The first-order valence-corrected chi connectivity index (χ1v) is 8.47. The number of carbonyl (C=O) groups excluding carboxylic acids is 1. The summed E-state index contributed by atoms with van der Waals surface area (Å²) in [6.07, 6.45) is 0. The number of fused-ring (bicyclic) bond motifs is 1. The minimum Gasteiger partial charge on any atom is -0.507 e. The van der Waals surface area contributed by atoms with Crippen LogP contribution in [-0.2, 0) is 0 Å². The highest BCUT2D eigenvalue weighted by atomic mass is 79.9. The molecule has 1 aromatic heterocycles. The smallest absolute Gasteiger partial charge is 0.275 e. The number of nitrogens with one attached hydrogen (secondary N) is 1. The number of hydrazone groups is 1. The molecular weight excluding hydrogens is 376 g/mol. The van der Waals surface area contributed by atoms with Gasteiger partial charge in [0.2, 0.25) is 0 Å². The van der Waals surface area contributed by atoms with Gasteiger partial charge in [-0.3, -0.25) is 4.79 Å². The molecule has 3 aromatic rings. The topological polar surface area (TPSA) is 61.7 Å². The summed E-state index contributed by atoms with van der Waals surface area (Å²) >= 11 is 4.93. The van der Waals surface area contributed by atoms with Gasteiger partial charge in [-0.05, 0) is 57.9 Å². The average molecular weight is 389 g/mol. The van der Waals surface area contributed by atoms with Crippen LogP contribution in [0.2, 0.25) is 0 Å². The van der Waals surface area contributed by atoms with Gasteiger partial charge in [0.25, 0.3) is 5.91 Å². The predicted octanol–water partition coefficient (Wildman–Crippen LogP) is 4.52. The second-order valence-corrected chi connectivity index (χ2v) is 7.42. The molecule has 1 heterocycles. The van der Waals surface area contributed by atoms with Crippen LogP contribution in [0.5, 0.6) is 5.75 Å². The van der Waals surface area contributed by atoms with Gasteiger partial charge in [0.05, 0.1) is 19.9 Å². The number of benzene rings is 2. The Bertz CT molecular complexity index is 918. The highest BCUT2D eigenvalue weighted by Crippen LogP contribution is 2.25. The van der Waals surface area contributed by atoms with Gasteiger partial charge >= 0.3 is 0 Å². The molecule has 116 valence electrons. The molecule has 0 spiro atoms. The summed E-state index contributed by atoms with van der Waals surface area (Å²) in [5.41, 5.74) is 3.40. The number of halogens is 1. The third kappa shape index (κ3) is 3.43. The Morgan fingerprint density at radius 2 is 1.87 bits per heavy atom. The van der Waals surface area contributed by atoms with E-state index in [1.165, 1.54) is 11.3 Å². The number of phenolic OH excluding ortho intramolecular Hbond substituents is 1. The van der Waals surface area contributed by atoms with Crippen molar-refractivity contribution in [3.63, 3.8) is 0 Å². The van der Waals surface area contributed by atoms with Crippen molar-refractivity contribution in [2.45, 2.75) is 6.92 Å². The van der Waals surface area contributed by atoms with Crippen molar-refractivity contribution in [2.75, 3.05) is 0 Å². The van der Waals surface area contributed by atoms with Gasteiger partial charge in [0.1, 0.15) is 5.75 Å². The lowest BCUT2D eigenvalue weighted by Crippen LogP contribution is -2.19. The zero-order chi connectivity index (χ0) is 16.4. The van der Waals surface area contributed by atoms with Crippen LogP contribution >= 0.6 is 27.3 Å². The van der Waals surface area contributed by atoms with Gasteiger partial charge in [-0.25, -0.2) is 5.43 Å². The molecule has 0 bridgehead atoms. The van der Waals surface area contributed by atoms with Gasteiger partial charge in [0.15, 0.2) is 0 Å². The van der Waals surface area contributed by atoms with E-state index < -0.39 is 5.91 Å². The molecule has 0 aliphatic heterocycles. The van der Waals surface area contributed by atoms with Crippen LogP contribution in [0.3, 0.4) is 0 Å². The van der Waals surface area contributed by atoms with Crippen LogP contribution in [0.25, 0.3) is 10.8 Å². The van der Waals surface area contributed by atoms with Gasteiger partial charge in [0, 0.05) is 0 Å². The Balaban J connectivity index is 1.84. The zero-order valence-corrected chi connectivity index (χ0v) is 14.6. The van der Waals surface area contributed by atoms with Crippen LogP contribution in [0.1, 0.15) is 22.2 Å². The molecule has 23 heavy (non-hydrogen) atoms. The number of carbonyl (C=O) groups is 1. The lowest BCUT2D eigenvalue weighted by molar-refractivity contribution is 0.0952. The average Bonchev–Trinajstić information content (AvgIpc) is 2.98. The van der Waals surface area contributed by atoms with Crippen molar-refractivity contribution in [3.8, 4) is 5.75 Å². The number of thiophene rings is 1. The fourth-order valence-electron chi connectivity index (χ4n) is 2.17. The standard InChI is InChI=1S/C17H13BrN2O2S/c1-10(15-6-7-16(18)23-15)19-20-17(22)13-8-11-4-2-3-5-12(11)9-14(13)21/h2-9,21H,1H3,(H,20,22). The minimum absolute atomic E-state index is 0.0621. The number of nitrogens with zero attached hydrogens (tertiary/aromatic N) is 1. The third-order valence-corrected chi connectivity index (χ3v) is 5.10. The molecule has 2 N–H and O–H groups in total. The fourth-order valence-corrected chi connectivity index (χ4v) is 3.50. The molecule has 0 saturated heterocycles. The number of amides is 1. The fraction of sp³-hybridized carbons (Fsp3) is 0.0588. The third-order valence-electron chi connectivity index (χ3n) is 3.36. The van der Waals surface area contributed by atoms with Crippen LogP contribution in [0.15, 0.2) is 57.4 Å². The van der Waals surface area contributed by atoms with Crippen LogP contribution in [0, 0.1) is 0 Å². The molecule has 0 fully saturated rings. The molecule has 6 heteroatoms. The van der Waals surface area contributed by atoms with Gasteiger partial charge in [-0.2, -0.15) is 5.10 Å². The highest BCUT2D eigenvalue weighted by molar-refractivity contribution is 9.11. The van der Waals surface area contributed by atoms with E-state index in [9.17, 15) is 9.90 Å². The van der Waals surface area contributed by atoms with E-state index in [0.717, 1.165) is 19.4 Å². The van der Waals surface area contributed by atoms with Crippen molar-refractivity contribution < 1.29 is 9.90 Å². The van der Waals surface area contributed by atoms with Crippen LogP contribution in [-0.4, -0.2) is 16.7 Å². The summed E-state index contributed by atoms with van der Waals surface area (Å²) in [7, 11) is 0. The normalized spacial score (nSPS) is 11.7. The van der Waals surface area contributed by atoms with Crippen molar-refractivity contribution in [3.05, 3.63) is 62.8 Å². The number of hydrogen-bond donors (Lipinski definition) is 2. The largest absolute Gasteiger partial charge is 0.507 e. The summed E-state index contributed by atoms with van der Waals surface area (Å²) in [5.74, 6) is -0.504. The molecule has 2 aromatic carbocycles. The first-order chi connectivity index (χ1) is 11.0. The van der Waals surface area contributed by atoms with Crippen molar-refractivity contribution >= 4 is 49.7 Å². The monoisotopic (exact) mass is 388 g/mol. The number of aromatic hydroxyl groups is 1. The predicted molar refractivity (Wildman–Crippen MR) is 97.3 cm³/mol. The van der Waals surface area contributed by atoms with Crippen molar-refractivity contribution in [1.82, 2.24) is 5.43 Å². The van der Waals surface area contributed by atoms with Gasteiger partial charge < -0.3 is 5.11 Å². The number of hydrogen-bond acceptors (Lipinski definition) is 4. The number of phenols is 1. The van der Waals surface area contributed by atoms with Crippen LogP contribution in [0.4, 0.5) is 0 Å². The summed E-state index contributed by atoms with van der Waals surface area (Å²) < 4.78 is 1.00. The second kappa shape index (κ2) is 6.52. The molecule has 0 saturated carbocycles. The lowest BCUT2D eigenvalue weighted by atomic mass is 10.1. The maximum atomic E-state index is 12.3. The Kier molecular flexibility index (Phi) is 4.45. The molecule has 4 nitrogen and oxygen atoms in total. The van der Waals surface area contributed by atoms with E-state index in [4.69, 9.17) is 0 Å². The molecule has 0 aliphatic carbocycles. The quantitative estimate of drug-likeness (QED) is 0.511. The van der Waals surface area contributed by atoms with Crippen molar-refractivity contribution in [1.29, 1.82) is 0 Å². The Morgan fingerprint density at radius 1 is 1.17 bits per heavy atom. The second-order valence-electron chi connectivity index (χ2n) is 4.96.